The highest BCUT2D eigenvalue weighted by molar-refractivity contribution is 6.14. The number of hydrogen-bond donors (Lipinski definition) is 0. The van der Waals surface area contributed by atoms with E-state index in [4.69, 9.17) is 0 Å². The molecule has 0 fully saturated rings. The lowest BCUT2D eigenvalue weighted by molar-refractivity contribution is -0.134. The molecule has 1 heterocycles. The Bertz CT molecular complexity index is 361. The molecule has 0 aromatic rings. The molecule has 0 saturated heterocycles. The first-order chi connectivity index (χ1) is 7.74. The van der Waals surface area contributed by atoms with Gasteiger partial charge in [0, 0.05) is 17.8 Å². The molecular formula is C13H17NO2. The summed E-state index contributed by atoms with van der Waals surface area (Å²) in [4.78, 5) is 24.3. The molecule has 0 N–H and O–H groups in total. The monoisotopic (exact) mass is 219 g/mol. The van der Waals surface area contributed by atoms with Gasteiger partial charge in [-0.05, 0) is 31.3 Å². The van der Waals surface area contributed by atoms with Gasteiger partial charge in [0.2, 0.25) is 0 Å². The van der Waals surface area contributed by atoms with Crippen molar-refractivity contribution >= 4 is 11.8 Å². The summed E-state index contributed by atoms with van der Waals surface area (Å²) in [6.45, 7) is 2.17. The highest BCUT2D eigenvalue weighted by Gasteiger charge is 2.32. The fourth-order valence-electron chi connectivity index (χ4n) is 2.21. The molecule has 0 aromatic heterocycles. The molecule has 0 unspecified atom stereocenters. The number of hydrogen-bond acceptors (Lipinski definition) is 2. The van der Waals surface area contributed by atoms with E-state index in [0.29, 0.717) is 0 Å². The number of allylic oxidation sites excluding steroid dienone is 2. The molecule has 1 aliphatic heterocycles. The van der Waals surface area contributed by atoms with Crippen LogP contribution in [0.1, 0.15) is 45.4 Å². The first-order valence-electron chi connectivity index (χ1n) is 6.01. The average molecular weight is 219 g/mol. The van der Waals surface area contributed by atoms with Crippen LogP contribution < -0.4 is 0 Å². The maximum atomic E-state index is 11.5. The van der Waals surface area contributed by atoms with E-state index in [1.165, 1.54) is 41.9 Å². The van der Waals surface area contributed by atoms with Gasteiger partial charge < -0.3 is 0 Å². The molecule has 3 nitrogen and oxygen atoms in total. The van der Waals surface area contributed by atoms with Gasteiger partial charge in [-0.3, -0.25) is 9.59 Å². The van der Waals surface area contributed by atoms with E-state index in [0.717, 1.165) is 25.0 Å². The third-order valence-electron chi connectivity index (χ3n) is 3.23. The minimum absolute atomic E-state index is 0.173. The minimum Gasteiger partial charge on any atom is -0.269 e. The molecular weight excluding hydrogens is 202 g/mol. The van der Waals surface area contributed by atoms with Crippen molar-refractivity contribution in [3.63, 3.8) is 0 Å². The van der Waals surface area contributed by atoms with Crippen molar-refractivity contribution in [1.82, 2.24) is 4.90 Å². The van der Waals surface area contributed by atoms with Gasteiger partial charge in [-0.1, -0.05) is 19.8 Å². The normalized spacial score (nSPS) is 19.7. The Morgan fingerprint density at radius 3 is 2.31 bits per heavy atom. The SMILES string of the molecule is CCCCCC1=C(N2C(=O)C=CC2=O)CC1. The quantitative estimate of drug-likeness (QED) is 0.526. The topological polar surface area (TPSA) is 37.4 Å². The molecule has 1 aliphatic carbocycles. The molecule has 16 heavy (non-hydrogen) atoms. The van der Waals surface area contributed by atoms with Crippen LogP contribution in [0.25, 0.3) is 0 Å². The summed E-state index contributed by atoms with van der Waals surface area (Å²) in [5, 5.41) is 0. The summed E-state index contributed by atoms with van der Waals surface area (Å²) >= 11 is 0. The average Bonchev–Trinajstić information content (AvgIpc) is 2.55. The van der Waals surface area contributed by atoms with Crippen molar-refractivity contribution in [3.05, 3.63) is 23.4 Å². The molecule has 0 spiro atoms. The van der Waals surface area contributed by atoms with Crippen LogP contribution in [0.5, 0.6) is 0 Å². The van der Waals surface area contributed by atoms with Crippen LogP contribution in [-0.2, 0) is 9.59 Å². The summed E-state index contributed by atoms with van der Waals surface area (Å²) < 4.78 is 0. The second-order valence-corrected chi connectivity index (χ2v) is 4.35. The van der Waals surface area contributed by atoms with E-state index in [1.54, 1.807) is 0 Å². The van der Waals surface area contributed by atoms with Crippen molar-refractivity contribution in [3.8, 4) is 0 Å². The van der Waals surface area contributed by atoms with Crippen LogP contribution in [0, 0.1) is 0 Å². The van der Waals surface area contributed by atoms with Crippen molar-refractivity contribution in [2.24, 2.45) is 0 Å². The van der Waals surface area contributed by atoms with Crippen LogP contribution >= 0.6 is 0 Å². The van der Waals surface area contributed by atoms with Gasteiger partial charge in [0.05, 0.1) is 0 Å². The fraction of sp³-hybridized carbons (Fsp3) is 0.538. The predicted octanol–water partition coefficient (Wildman–Crippen LogP) is 2.54. The molecule has 0 radical (unpaired) electrons. The molecule has 0 aromatic carbocycles. The van der Waals surface area contributed by atoms with Crippen LogP contribution in [-0.4, -0.2) is 16.7 Å². The van der Waals surface area contributed by atoms with Crippen molar-refractivity contribution in [2.45, 2.75) is 45.4 Å². The lowest BCUT2D eigenvalue weighted by Gasteiger charge is -2.29. The van der Waals surface area contributed by atoms with E-state index in [2.05, 4.69) is 6.92 Å². The minimum atomic E-state index is -0.173. The maximum Gasteiger partial charge on any atom is 0.257 e. The summed E-state index contributed by atoms with van der Waals surface area (Å²) in [7, 11) is 0. The largest absolute Gasteiger partial charge is 0.269 e. The molecule has 86 valence electrons. The molecule has 0 atom stereocenters. The molecule has 2 amide bonds. The smallest absolute Gasteiger partial charge is 0.257 e. The lowest BCUT2D eigenvalue weighted by atomic mass is 9.89. The zero-order valence-corrected chi connectivity index (χ0v) is 9.66. The van der Waals surface area contributed by atoms with E-state index in [9.17, 15) is 9.59 Å². The molecule has 2 aliphatic rings. The number of amides is 2. The predicted molar refractivity (Wildman–Crippen MR) is 61.4 cm³/mol. The third-order valence-corrected chi connectivity index (χ3v) is 3.23. The van der Waals surface area contributed by atoms with Gasteiger partial charge in [-0.25, -0.2) is 4.90 Å². The van der Waals surface area contributed by atoms with E-state index in [-0.39, 0.29) is 11.8 Å². The highest BCUT2D eigenvalue weighted by Crippen LogP contribution is 2.35. The maximum absolute atomic E-state index is 11.5. The Kier molecular flexibility index (Phi) is 3.22. The van der Waals surface area contributed by atoms with E-state index in [1.807, 2.05) is 0 Å². The van der Waals surface area contributed by atoms with Gasteiger partial charge in [0.25, 0.3) is 11.8 Å². The van der Waals surface area contributed by atoms with Crippen molar-refractivity contribution in [1.29, 1.82) is 0 Å². The van der Waals surface area contributed by atoms with Crippen LogP contribution in [0.2, 0.25) is 0 Å². The van der Waals surface area contributed by atoms with Crippen LogP contribution in [0.15, 0.2) is 23.4 Å². The summed E-state index contributed by atoms with van der Waals surface area (Å²) in [5.41, 5.74) is 2.27. The number of nitrogens with zero attached hydrogens (tertiary/aromatic N) is 1. The zero-order chi connectivity index (χ0) is 11.5. The summed E-state index contributed by atoms with van der Waals surface area (Å²) in [5.74, 6) is -0.347. The Morgan fingerprint density at radius 2 is 1.81 bits per heavy atom. The second kappa shape index (κ2) is 4.64. The van der Waals surface area contributed by atoms with Gasteiger partial charge in [0.15, 0.2) is 0 Å². The zero-order valence-electron chi connectivity index (χ0n) is 9.66. The first-order valence-corrected chi connectivity index (χ1v) is 6.01. The molecule has 0 bridgehead atoms. The highest BCUT2D eigenvalue weighted by atomic mass is 16.2. The van der Waals surface area contributed by atoms with Crippen molar-refractivity contribution in [2.75, 3.05) is 0 Å². The van der Waals surface area contributed by atoms with E-state index >= 15 is 0 Å². The lowest BCUT2D eigenvalue weighted by Crippen LogP contribution is -2.33. The second-order valence-electron chi connectivity index (χ2n) is 4.35. The van der Waals surface area contributed by atoms with Crippen LogP contribution in [0.4, 0.5) is 0 Å². The van der Waals surface area contributed by atoms with Gasteiger partial charge in [-0.15, -0.1) is 0 Å². The molecule has 0 saturated carbocycles. The fourth-order valence-corrected chi connectivity index (χ4v) is 2.21. The number of unbranched alkanes of at least 4 members (excludes halogenated alkanes) is 2. The number of imide groups is 1. The van der Waals surface area contributed by atoms with Gasteiger partial charge in [-0.2, -0.15) is 0 Å². The van der Waals surface area contributed by atoms with Crippen molar-refractivity contribution < 1.29 is 9.59 Å². The summed E-state index contributed by atoms with van der Waals surface area (Å²) in [6, 6.07) is 0. The standard InChI is InChI=1S/C13H17NO2/c1-2-3-4-5-10-6-7-11(10)14-12(15)8-9-13(14)16/h8-9H,2-7H2,1H3. The Morgan fingerprint density at radius 1 is 1.12 bits per heavy atom. The number of carbonyl (C=O) groups is 2. The molecule has 3 heteroatoms. The Hall–Kier alpha value is -1.38. The van der Waals surface area contributed by atoms with Gasteiger partial charge >= 0.3 is 0 Å². The molecule has 2 rings (SSSR count). The van der Waals surface area contributed by atoms with Gasteiger partial charge in [0.1, 0.15) is 0 Å². The Balaban J connectivity index is 2.01. The first kappa shape index (κ1) is 11.1. The Labute approximate surface area is 95.8 Å². The van der Waals surface area contributed by atoms with E-state index < -0.39 is 0 Å². The third kappa shape index (κ3) is 1.94. The number of rotatable bonds is 5. The van der Waals surface area contributed by atoms with Crippen LogP contribution in [0.3, 0.4) is 0 Å². The summed E-state index contributed by atoms with van der Waals surface area (Å²) in [6.07, 6.45) is 9.27. The number of carbonyl (C=O) groups excluding carboxylic acids is 2.